The van der Waals surface area contributed by atoms with Crippen LogP contribution in [0.25, 0.3) is 0 Å². The highest BCUT2D eigenvalue weighted by atomic mass is 19.4. The molecule has 0 saturated heterocycles. The van der Waals surface area contributed by atoms with Crippen molar-refractivity contribution in [1.29, 1.82) is 0 Å². The Morgan fingerprint density at radius 3 is 2.32 bits per heavy atom. The van der Waals surface area contributed by atoms with Crippen molar-refractivity contribution in [3.05, 3.63) is 35.4 Å². The Labute approximate surface area is 111 Å². The van der Waals surface area contributed by atoms with Crippen molar-refractivity contribution in [1.82, 2.24) is 0 Å². The van der Waals surface area contributed by atoms with Crippen LogP contribution in [-0.2, 0) is 10.9 Å². The molecule has 19 heavy (non-hydrogen) atoms. The van der Waals surface area contributed by atoms with Gasteiger partial charge in [-0.2, -0.15) is 13.2 Å². The van der Waals surface area contributed by atoms with Crippen LogP contribution in [0.15, 0.2) is 24.3 Å². The van der Waals surface area contributed by atoms with E-state index in [0.717, 1.165) is 6.07 Å². The van der Waals surface area contributed by atoms with Gasteiger partial charge in [0.25, 0.3) is 0 Å². The van der Waals surface area contributed by atoms with Gasteiger partial charge < -0.3 is 10.5 Å². The predicted molar refractivity (Wildman–Crippen MR) is 68.7 cm³/mol. The van der Waals surface area contributed by atoms with E-state index in [4.69, 9.17) is 10.5 Å². The maximum atomic E-state index is 12.9. The van der Waals surface area contributed by atoms with Crippen molar-refractivity contribution in [3.8, 4) is 0 Å². The minimum Gasteiger partial charge on any atom is -0.379 e. The monoisotopic (exact) mass is 275 g/mol. The summed E-state index contributed by atoms with van der Waals surface area (Å²) in [7, 11) is 1.58. The van der Waals surface area contributed by atoms with Gasteiger partial charge in [0.05, 0.1) is 11.2 Å². The lowest BCUT2D eigenvalue weighted by Gasteiger charge is -2.25. The minimum absolute atomic E-state index is 0.141. The molecule has 1 atom stereocenters. The summed E-state index contributed by atoms with van der Waals surface area (Å²) >= 11 is 0. The highest BCUT2D eigenvalue weighted by Crippen LogP contribution is 2.35. The predicted octanol–water partition coefficient (Wildman–Crippen LogP) is 3.91. The molecule has 0 bridgehead atoms. The number of methoxy groups -OCH3 is 1. The Kier molecular flexibility index (Phi) is 4.98. The number of hydrogen-bond acceptors (Lipinski definition) is 2. The fraction of sp³-hybridized carbons (Fsp3) is 0.571. The summed E-state index contributed by atoms with van der Waals surface area (Å²) in [6, 6.07) is 4.81. The van der Waals surface area contributed by atoms with Gasteiger partial charge >= 0.3 is 6.18 Å². The number of benzene rings is 1. The first-order valence-electron chi connectivity index (χ1n) is 6.14. The molecule has 0 heterocycles. The molecule has 1 aromatic carbocycles. The molecule has 5 heteroatoms. The average Bonchev–Trinajstić information content (AvgIpc) is 2.35. The fourth-order valence-corrected chi connectivity index (χ4v) is 1.84. The molecule has 0 aliphatic carbocycles. The van der Waals surface area contributed by atoms with Gasteiger partial charge in [0.2, 0.25) is 0 Å². The summed E-state index contributed by atoms with van der Waals surface area (Å²) in [6.45, 7) is 3.77. The lowest BCUT2D eigenvalue weighted by molar-refractivity contribution is -0.138. The molecule has 0 saturated carbocycles. The molecule has 0 radical (unpaired) electrons. The first kappa shape index (κ1) is 16.0. The number of ether oxygens (including phenoxy) is 1. The molecule has 0 aromatic heterocycles. The van der Waals surface area contributed by atoms with E-state index < -0.39 is 17.8 Å². The van der Waals surface area contributed by atoms with E-state index in [9.17, 15) is 13.2 Å². The van der Waals surface area contributed by atoms with Crippen molar-refractivity contribution in [2.75, 3.05) is 7.11 Å². The summed E-state index contributed by atoms with van der Waals surface area (Å²) in [5, 5.41) is 0. The van der Waals surface area contributed by atoms with Crippen molar-refractivity contribution in [3.63, 3.8) is 0 Å². The van der Waals surface area contributed by atoms with E-state index in [1.807, 2.05) is 13.8 Å². The molecule has 0 spiro atoms. The molecule has 0 aliphatic rings. The standard InChI is InChI=1S/C14H20F3NO/c1-13(2,19-3)9-8-12(18)10-6-4-5-7-11(10)14(15,16)17/h4-7,12H,8-9,18H2,1-3H3. The topological polar surface area (TPSA) is 35.2 Å². The number of nitrogens with two attached hydrogens (primary N) is 1. The van der Waals surface area contributed by atoms with Crippen LogP contribution in [0.4, 0.5) is 13.2 Å². The average molecular weight is 275 g/mol. The second-order valence-electron chi connectivity index (χ2n) is 5.19. The van der Waals surface area contributed by atoms with E-state index in [0.29, 0.717) is 12.8 Å². The highest BCUT2D eigenvalue weighted by molar-refractivity contribution is 5.32. The van der Waals surface area contributed by atoms with E-state index >= 15 is 0 Å². The van der Waals surface area contributed by atoms with Gasteiger partial charge in [-0.1, -0.05) is 18.2 Å². The lowest BCUT2D eigenvalue weighted by atomic mass is 9.92. The van der Waals surface area contributed by atoms with E-state index in [1.165, 1.54) is 12.1 Å². The van der Waals surface area contributed by atoms with Crippen molar-refractivity contribution < 1.29 is 17.9 Å². The zero-order chi connectivity index (χ0) is 14.7. The Balaban J connectivity index is 2.86. The molecule has 2 nitrogen and oxygen atoms in total. The van der Waals surface area contributed by atoms with Crippen LogP contribution in [-0.4, -0.2) is 12.7 Å². The molecule has 0 aliphatic heterocycles. The molecule has 1 unspecified atom stereocenters. The highest BCUT2D eigenvalue weighted by Gasteiger charge is 2.34. The first-order valence-corrected chi connectivity index (χ1v) is 6.14. The summed E-state index contributed by atoms with van der Waals surface area (Å²) in [5.41, 5.74) is 5.00. The molecule has 1 rings (SSSR count). The van der Waals surface area contributed by atoms with Gasteiger partial charge in [0.1, 0.15) is 0 Å². The van der Waals surface area contributed by atoms with Gasteiger partial charge in [0, 0.05) is 13.2 Å². The third-order valence-electron chi connectivity index (χ3n) is 3.28. The van der Waals surface area contributed by atoms with Crippen molar-refractivity contribution in [2.45, 2.75) is 44.5 Å². The van der Waals surface area contributed by atoms with Crippen LogP contribution in [0.3, 0.4) is 0 Å². The van der Waals surface area contributed by atoms with Gasteiger partial charge in [-0.05, 0) is 38.3 Å². The van der Waals surface area contributed by atoms with Gasteiger partial charge in [0.15, 0.2) is 0 Å². The largest absolute Gasteiger partial charge is 0.416 e. The molecule has 1 aromatic rings. The Bertz CT molecular complexity index is 415. The Morgan fingerprint density at radius 1 is 1.21 bits per heavy atom. The first-order chi connectivity index (χ1) is 8.67. The van der Waals surface area contributed by atoms with Crippen molar-refractivity contribution >= 4 is 0 Å². The van der Waals surface area contributed by atoms with E-state index in [1.54, 1.807) is 13.2 Å². The third kappa shape index (κ3) is 4.51. The smallest absolute Gasteiger partial charge is 0.379 e. The Hall–Kier alpha value is -1.07. The summed E-state index contributed by atoms with van der Waals surface area (Å²) in [5.74, 6) is 0. The number of rotatable bonds is 5. The number of halogens is 3. The molecular weight excluding hydrogens is 255 g/mol. The third-order valence-corrected chi connectivity index (χ3v) is 3.28. The quantitative estimate of drug-likeness (QED) is 0.884. The van der Waals surface area contributed by atoms with Crippen LogP contribution in [0.2, 0.25) is 0 Å². The van der Waals surface area contributed by atoms with Crippen molar-refractivity contribution in [2.24, 2.45) is 5.73 Å². The van der Waals surface area contributed by atoms with Crippen LogP contribution < -0.4 is 5.73 Å². The second kappa shape index (κ2) is 5.92. The van der Waals surface area contributed by atoms with Crippen LogP contribution in [0.1, 0.15) is 43.9 Å². The normalized spacial score (nSPS) is 14.5. The number of alkyl halides is 3. The Morgan fingerprint density at radius 2 is 1.79 bits per heavy atom. The zero-order valence-electron chi connectivity index (χ0n) is 11.4. The molecule has 0 amide bonds. The summed E-state index contributed by atoms with van der Waals surface area (Å²) in [6.07, 6.45) is -3.34. The molecule has 108 valence electrons. The van der Waals surface area contributed by atoms with Crippen LogP contribution in [0, 0.1) is 0 Å². The van der Waals surface area contributed by atoms with Crippen LogP contribution >= 0.6 is 0 Å². The maximum Gasteiger partial charge on any atom is 0.416 e. The van der Waals surface area contributed by atoms with E-state index in [2.05, 4.69) is 0 Å². The molecule has 0 fully saturated rings. The molecular formula is C14H20F3NO. The SMILES string of the molecule is COC(C)(C)CCC(N)c1ccccc1C(F)(F)F. The summed E-state index contributed by atoms with van der Waals surface area (Å²) in [4.78, 5) is 0. The second-order valence-corrected chi connectivity index (χ2v) is 5.19. The summed E-state index contributed by atoms with van der Waals surface area (Å²) < 4.78 is 43.9. The number of hydrogen-bond donors (Lipinski definition) is 1. The lowest BCUT2D eigenvalue weighted by Crippen LogP contribution is -2.25. The molecule has 2 N–H and O–H groups in total. The fourth-order valence-electron chi connectivity index (χ4n) is 1.84. The van der Waals surface area contributed by atoms with E-state index in [-0.39, 0.29) is 11.2 Å². The minimum atomic E-state index is -4.37. The zero-order valence-corrected chi connectivity index (χ0v) is 11.4. The maximum absolute atomic E-state index is 12.9. The van der Waals surface area contributed by atoms with Gasteiger partial charge in [-0.25, -0.2) is 0 Å². The van der Waals surface area contributed by atoms with Crippen LogP contribution in [0.5, 0.6) is 0 Å². The van der Waals surface area contributed by atoms with Gasteiger partial charge in [-0.15, -0.1) is 0 Å². The van der Waals surface area contributed by atoms with Gasteiger partial charge in [-0.3, -0.25) is 0 Å².